The summed E-state index contributed by atoms with van der Waals surface area (Å²) in [6.45, 7) is 6.06. The third kappa shape index (κ3) is 3.22. The van der Waals surface area contributed by atoms with Gasteiger partial charge in [-0.2, -0.15) is 0 Å². The molecule has 0 aliphatic carbocycles. The number of amides is 1. The highest BCUT2D eigenvalue weighted by Crippen LogP contribution is 2.38. The van der Waals surface area contributed by atoms with Crippen LogP contribution in [0, 0.1) is 5.82 Å². The van der Waals surface area contributed by atoms with Gasteiger partial charge in [0.1, 0.15) is 12.6 Å². The molecule has 2 aromatic rings. The Morgan fingerprint density at radius 3 is 2.66 bits per heavy atom. The van der Waals surface area contributed by atoms with Crippen LogP contribution in [0.3, 0.4) is 0 Å². The monoisotopic (exact) mass is 407 g/mol. The number of rotatable bonds is 4. The van der Waals surface area contributed by atoms with E-state index in [0.29, 0.717) is 19.4 Å². The van der Waals surface area contributed by atoms with E-state index in [1.54, 1.807) is 4.90 Å². The molecule has 2 saturated heterocycles. The Morgan fingerprint density at radius 1 is 1.34 bits per heavy atom. The Morgan fingerprint density at radius 2 is 2.03 bits per heavy atom. The molecule has 10 heteroatoms. The number of aliphatic hydroxyl groups excluding tert-OH is 1. The van der Waals surface area contributed by atoms with E-state index in [1.807, 2.05) is 13.8 Å². The summed E-state index contributed by atoms with van der Waals surface area (Å²) in [6.07, 6.45) is -1.33. The zero-order valence-corrected chi connectivity index (χ0v) is 16.3. The second kappa shape index (κ2) is 7.27. The van der Waals surface area contributed by atoms with Crippen LogP contribution in [0.4, 0.5) is 20.7 Å². The molecule has 0 radical (unpaired) electrons. The standard InChI is InChI=1S/C19H22FN3O6/c1-9-5-22(6-10(2)28-9)16-12(7-24)4-13-17(15(16)20)29-21-18(13)23-14(11(3)25)8-27-19(23)26/h4,7,9-11,14,25H,5-6,8H2,1-3H3/t9-,10-,11+,14-/m1/s1. The quantitative estimate of drug-likeness (QED) is 0.769. The van der Waals surface area contributed by atoms with E-state index >= 15 is 4.39 Å². The number of aliphatic hydroxyl groups is 1. The van der Waals surface area contributed by atoms with Crippen LogP contribution < -0.4 is 9.80 Å². The van der Waals surface area contributed by atoms with Gasteiger partial charge < -0.3 is 24.0 Å². The minimum Gasteiger partial charge on any atom is -0.447 e. The van der Waals surface area contributed by atoms with Gasteiger partial charge in [-0.25, -0.2) is 14.1 Å². The summed E-state index contributed by atoms with van der Waals surface area (Å²) >= 11 is 0. The molecule has 0 bridgehead atoms. The lowest BCUT2D eigenvalue weighted by atomic mass is 10.1. The summed E-state index contributed by atoms with van der Waals surface area (Å²) in [5, 5.41) is 14.0. The number of anilines is 2. The van der Waals surface area contributed by atoms with E-state index in [9.17, 15) is 14.7 Å². The number of carbonyl (C=O) groups is 2. The molecule has 1 aromatic carbocycles. The van der Waals surface area contributed by atoms with Crippen molar-refractivity contribution in [3.8, 4) is 0 Å². The number of halogens is 1. The fourth-order valence-corrected chi connectivity index (χ4v) is 4.02. The first-order valence-corrected chi connectivity index (χ1v) is 9.43. The lowest BCUT2D eigenvalue weighted by Gasteiger charge is -2.37. The molecule has 2 fully saturated rings. The third-order valence-electron chi connectivity index (χ3n) is 5.24. The van der Waals surface area contributed by atoms with Crippen LogP contribution >= 0.6 is 0 Å². The van der Waals surface area contributed by atoms with Gasteiger partial charge in [-0.15, -0.1) is 0 Å². The number of fused-ring (bicyclic) bond motifs is 1. The first kappa shape index (κ1) is 19.6. The van der Waals surface area contributed by atoms with E-state index in [4.69, 9.17) is 14.0 Å². The van der Waals surface area contributed by atoms with Crippen LogP contribution in [0.5, 0.6) is 0 Å². The molecule has 0 saturated carbocycles. The molecule has 0 unspecified atom stereocenters. The molecule has 1 aromatic heterocycles. The van der Waals surface area contributed by atoms with Crippen molar-refractivity contribution in [1.82, 2.24) is 5.16 Å². The first-order valence-electron chi connectivity index (χ1n) is 9.43. The fraction of sp³-hybridized carbons (Fsp3) is 0.526. The molecule has 2 aliphatic rings. The van der Waals surface area contributed by atoms with E-state index in [0.717, 1.165) is 4.90 Å². The smallest absolute Gasteiger partial charge is 0.416 e. The van der Waals surface area contributed by atoms with Crippen molar-refractivity contribution in [3.63, 3.8) is 0 Å². The average Bonchev–Trinajstić information content (AvgIpc) is 3.23. The highest BCUT2D eigenvalue weighted by Gasteiger charge is 2.41. The lowest BCUT2D eigenvalue weighted by Crippen LogP contribution is -2.46. The van der Waals surface area contributed by atoms with E-state index in [1.165, 1.54) is 13.0 Å². The van der Waals surface area contributed by atoms with Crippen molar-refractivity contribution >= 4 is 34.9 Å². The summed E-state index contributed by atoms with van der Waals surface area (Å²) in [5.41, 5.74) is 0.0617. The maximum atomic E-state index is 15.4. The molecule has 9 nitrogen and oxygen atoms in total. The van der Waals surface area contributed by atoms with E-state index < -0.39 is 24.1 Å². The largest absolute Gasteiger partial charge is 0.447 e. The first-order chi connectivity index (χ1) is 13.8. The zero-order chi connectivity index (χ0) is 20.9. The van der Waals surface area contributed by atoms with Gasteiger partial charge in [0.2, 0.25) is 5.58 Å². The summed E-state index contributed by atoms with van der Waals surface area (Å²) < 4.78 is 31.4. The van der Waals surface area contributed by atoms with Crippen LogP contribution in [0.25, 0.3) is 11.0 Å². The Kier molecular flexibility index (Phi) is 4.91. The van der Waals surface area contributed by atoms with Gasteiger partial charge in [0.05, 0.1) is 29.4 Å². The maximum absolute atomic E-state index is 15.4. The fourth-order valence-electron chi connectivity index (χ4n) is 4.02. The molecule has 156 valence electrons. The number of carbonyl (C=O) groups excluding carboxylic acids is 2. The molecule has 4 rings (SSSR count). The normalized spacial score (nSPS) is 26.1. The highest BCUT2D eigenvalue weighted by atomic mass is 19.1. The predicted molar refractivity (Wildman–Crippen MR) is 101 cm³/mol. The molecule has 4 atom stereocenters. The van der Waals surface area contributed by atoms with Crippen molar-refractivity contribution in [3.05, 3.63) is 17.4 Å². The number of benzene rings is 1. The number of morpholine rings is 1. The van der Waals surface area contributed by atoms with Crippen molar-refractivity contribution in [2.75, 3.05) is 29.5 Å². The highest BCUT2D eigenvalue weighted by molar-refractivity contribution is 6.03. The van der Waals surface area contributed by atoms with Crippen molar-refractivity contribution in [1.29, 1.82) is 0 Å². The topological polar surface area (TPSA) is 105 Å². The molecule has 2 aliphatic heterocycles. The van der Waals surface area contributed by atoms with Crippen LogP contribution in [-0.4, -0.2) is 66.7 Å². The average molecular weight is 407 g/mol. The predicted octanol–water partition coefficient (Wildman–Crippen LogP) is 2.10. The van der Waals surface area contributed by atoms with E-state index in [2.05, 4.69) is 5.16 Å². The molecular formula is C19H22FN3O6. The van der Waals surface area contributed by atoms with Crippen LogP contribution in [-0.2, 0) is 9.47 Å². The van der Waals surface area contributed by atoms with Crippen LogP contribution in [0.15, 0.2) is 10.6 Å². The summed E-state index contributed by atoms with van der Waals surface area (Å²) in [4.78, 5) is 26.9. The number of aldehydes is 1. The third-order valence-corrected chi connectivity index (χ3v) is 5.24. The van der Waals surface area contributed by atoms with Crippen molar-refractivity contribution in [2.45, 2.75) is 45.1 Å². The van der Waals surface area contributed by atoms with Gasteiger partial charge >= 0.3 is 6.09 Å². The number of nitrogens with zero attached hydrogens (tertiary/aromatic N) is 3. The second-order valence-corrected chi connectivity index (χ2v) is 7.55. The zero-order valence-electron chi connectivity index (χ0n) is 16.3. The Bertz CT molecular complexity index is 951. The van der Waals surface area contributed by atoms with Crippen LogP contribution in [0.1, 0.15) is 31.1 Å². The van der Waals surface area contributed by atoms with Gasteiger partial charge in [-0.05, 0) is 26.8 Å². The minimum atomic E-state index is -0.904. The molecule has 0 spiro atoms. The Hall–Kier alpha value is -2.72. The van der Waals surface area contributed by atoms with Gasteiger partial charge in [0.25, 0.3) is 0 Å². The number of ether oxygens (including phenoxy) is 2. The maximum Gasteiger partial charge on any atom is 0.416 e. The van der Waals surface area contributed by atoms with E-state index in [-0.39, 0.29) is 46.9 Å². The van der Waals surface area contributed by atoms with Crippen molar-refractivity contribution in [2.24, 2.45) is 0 Å². The van der Waals surface area contributed by atoms with Gasteiger partial charge in [-0.1, -0.05) is 5.16 Å². The lowest BCUT2D eigenvalue weighted by molar-refractivity contribution is -0.00543. The number of cyclic esters (lactones) is 1. The number of hydrogen-bond donors (Lipinski definition) is 1. The van der Waals surface area contributed by atoms with Gasteiger partial charge in [-0.3, -0.25) is 4.79 Å². The summed E-state index contributed by atoms with van der Waals surface area (Å²) in [5.74, 6) is -0.725. The molecule has 29 heavy (non-hydrogen) atoms. The van der Waals surface area contributed by atoms with Gasteiger partial charge in [0.15, 0.2) is 17.9 Å². The molecule has 1 N–H and O–H groups in total. The van der Waals surface area contributed by atoms with Crippen LogP contribution in [0.2, 0.25) is 0 Å². The molecular weight excluding hydrogens is 385 g/mol. The number of aromatic nitrogens is 1. The summed E-state index contributed by atoms with van der Waals surface area (Å²) in [6, 6.07) is 0.751. The Labute approximate surface area is 165 Å². The van der Waals surface area contributed by atoms with Gasteiger partial charge in [0, 0.05) is 18.7 Å². The SMILES string of the molecule is C[C@@H]1CN(c2c(C=O)cc3c(N4C(=O)OC[C@@H]4[C@H](C)O)noc3c2F)C[C@@H](C)O1. The Balaban J connectivity index is 1.83. The summed E-state index contributed by atoms with van der Waals surface area (Å²) in [7, 11) is 0. The minimum absolute atomic E-state index is 0.00524. The van der Waals surface area contributed by atoms with Crippen molar-refractivity contribution < 1.29 is 33.1 Å². The molecule has 1 amide bonds. The molecule has 3 heterocycles. The number of hydrogen-bond acceptors (Lipinski definition) is 8. The second-order valence-electron chi connectivity index (χ2n) is 7.55.